The zero-order valence-corrected chi connectivity index (χ0v) is 14.4. The Kier molecular flexibility index (Phi) is 3.45. The fourth-order valence-electron chi connectivity index (χ4n) is 3.36. The zero-order valence-electron chi connectivity index (χ0n) is 13.6. The highest BCUT2D eigenvalue weighted by molar-refractivity contribution is 7.99. The summed E-state index contributed by atoms with van der Waals surface area (Å²) in [6.07, 6.45) is 3.15. The van der Waals surface area contributed by atoms with Gasteiger partial charge in [-0.25, -0.2) is 4.68 Å². The van der Waals surface area contributed by atoms with Crippen LogP contribution in [0.25, 0.3) is 11.1 Å². The third kappa shape index (κ3) is 2.66. The molecule has 1 aromatic heterocycles. The van der Waals surface area contributed by atoms with Crippen LogP contribution < -0.4 is 0 Å². The quantitative estimate of drug-likeness (QED) is 0.408. The zero-order chi connectivity index (χ0) is 16.8. The van der Waals surface area contributed by atoms with Gasteiger partial charge in [-0.1, -0.05) is 48.2 Å². The number of carbonyl (C=O) groups excluding carboxylic acids is 1. The Morgan fingerprint density at radius 1 is 1.12 bits per heavy atom. The van der Waals surface area contributed by atoms with Crippen LogP contribution in [0.1, 0.15) is 40.4 Å². The fourth-order valence-corrected chi connectivity index (χ4v) is 4.20. The van der Waals surface area contributed by atoms with Crippen molar-refractivity contribution in [1.82, 2.24) is 20.2 Å². The van der Waals surface area contributed by atoms with E-state index in [1.54, 1.807) is 0 Å². The van der Waals surface area contributed by atoms with Gasteiger partial charge in [0.1, 0.15) is 0 Å². The van der Waals surface area contributed by atoms with Crippen LogP contribution in [0.5, 0.6) is 0 Å². The maximum atomic E-state index is 12.6. The highest BCUT2D eigenvalue weighted by Gasteiger charge is 2.28. The van der Waals surface area contributed by atoms with E-state index in [0.717, 1.165) is 30.0 Å². The van der Waals surface area contributed by atoms with Gasteiger partial charge in [0.05, 0.1) is 11.8 Å². The van der Waals surface area contributed by atoms with Gasteiger partial charge in [-0.15, -0.1) is 5.10 Å². The van der Waals surface area contributed by atoms with Crippen LogP contribution in [0, 0.1) is 0 Å². The van der Waals surface area contributed by atoms with Crippen molar-refractivity contribution >= 4 is 17.5 Å². The SMILES string of the molecule is O=C(CSc1nnnn1C1CC1)c1ccc2c(c1)Cc1ccccc1-2. The molecule has 1 heterocycles. The number of thioether (sulfide) groups is 1. The van der Waals surface area contributed by atoms with Crippen LogP contribution in [0.4, 0.5) is 0 Å². The van der Waals surface area contributed by atoms with E-state index in [1.807, 2.05) is 16.8 Å². The summed E-state index contributed by atoms with van der Waals surface area (Å²) in [5.41, 5.74) is 5.87. The number of hydrogen-bond donors (Lipinski definition) is 0. The third-order valence-electron chi connectivity index (χ3n) is 4.80. The van der Waals surface area contributed by atoms with Gasteiger partial charge in [0.25, 0.3) is 0 Å². The Morgan fingerprint density at radius 3 is 2.84 bits per heavy atom. The van der Waals surface area contributed by atoms with Crippen molar-refractivity contribution in [3.63, 3.8) is 0 Å². The van der Waals surface area contributed by atoms with Gasteiger partial charge >= 0.3 is 0 Å². The van der Waals surface area contributed by atoms with Crippen molar-refractivity contribution in [1.29, 1.82) is 0 Å². The first-order valence-electron chi connectivity index (χ1n) is 8.44. The summed E-state index contributed by atoms with van der Waals surface area (Å²) >= 11 is 1.42. The number of rotatable bonds is 5. The van der Waals surface area contributed by atoms with Crippen molar-refractivity contribution in [2.45, 2.75) is 30.5 Å². The number of tetrazole rings is 1. The van der Waals surface area contributed by atoms with Crippen LogP contribution in [0.15, 0.2) is 47.6 Å². The Bertz CT molecular complexity index is 977. The van der Waals surface area contributed by atoms with Gasteiger partial charge in [0.15, 0.2) is 5.78 Å². The van der Waals surface area contributed by atoms with Crippen molar-refractivity contribution in [3.05, 3.63) is 59.2 Å². The second kappa shape index (κ2) is 5.81. The molecule has 0 spiro atoms. The number of carbonyl (C=O) groups is 1. The van der Waals surface area contributed by atoms with E-state index in [1.165, 1.54) is 34.0 Å². The largest absolute Gasteiger partial charge is 0.293 e. The molecule has 6 heteroatoms. The topological polar surface area (TPSA) is 60.7 Å². The third-order valence-corrected chi connectivity index (χ3v) is 5.74. The molecule has 124 valence electrons. The number of fused-ring (bicyclic) bond motifs is 3. The first kappa shape index (κ1) is 14.8. The van der Waals surface area contributed by atoms with Gasteiger partial charge in [-0.3, -0.25) is 4.79 Å². The predicted octanol–water partition coefficient (Wildman–Crippen LogP) is 3.55. The Morgan fingerprint density at radius 2 is 1.96 bits per heavy atom. The van der Waals surface area contributed by atoms with E-state index in [2.05, 4.69) is 45.9 Å². The molecule has 0 saturated heterocycles. The summed E-state index contributed by atoms with van der Waals surface area (Å²) in [6, 6.07) is 14.9. The van der Waals surface area contributed by atoms with Gasteiger partial charge < -0.3 is 0 Å². The molecule has 5 nitrogen and oxygen atoms in total. The predicted molar refractivity (Wildman–Crippen MR) is 95.8 cm³/mol. The van der Waals surface area contributed by atoms with Crippen molar-refractivity contribution in [3.8, 4) is 11.1 Å². The maximum Gasteiger partial charge on any atom is 0.210 e. The Labute approximate surface area is 149 Å². The highest BCUT2D eigenvalue weighted by atomic mass is 32.2. The molecular weight excluding hydrogens is 332 g/mol. The minimum atomic E-state index is 0.120. The fraction of sp³-hybridized carbons (Fsp3) is 0.263. The summed E-state index contributed by atoms with van der Waals surface area (Å²) in [6.45, 7) is 0. The maximum absolute atomic E-state index is 12.6. The lowest BCUT2D eigenvalue weighted by Crippen LogP contribution is -2.05. The number of benzene rings is 2. The van der Waals surface area contributed by atoms with Gasteiger partial charge in [0.2, 0.25) is 5.16 Å². The minimum absolute atomic E-state index is 0.120. The first-order valence-corrected chi connectivity index (χ1v) is 9.43. The highest BCUT2D eigenvalue weighted by Crippen LogP contribution is 2.38. The van der Waals surface area contributed by atoms with E-state index < -0.39 is 0 Å². The standard InChI is InChI=1S/C19H16N4OS/c24-18(11-25-19-20-21-22-23(19)15-6-7-15)13-5-8-17-14(10-13)9-12-3-1-2-4-16(12)17/h1-5,8,10,15H,6-7,9,11H2. The summed E-state index contributed by atoms with van der Waals surface area (Å²) in [7, 11) is 0. The number of nitrogens with zero attached hydrogens (tertiary/aromatic N) is 4. The molecule has 0 bridgehead atoms. The average molecular weight is 348 g/mol. The van der Waals surface area contributed by atoms with Crippen molar-refractivity contribution < 1.29 is 4.79 Å². The van der Waals surface area contributed by atoms with E-state index >= 15 is 0 Å². The molecule has 2 aliphatic carbocycles. The monoisotopic (exact) mass is 348 g/mol. The summed E-state index contributed by atoms with van der Waals surface area (Å²) < 4.78 is 1.84. The summed E-state index contributed by atoms with van der Waals surface area (Å²) in [5.74, 6) is 0.479. The molecule has 0 N–H and O–H groups in total. The summed E-state index contributed by atoms with van der Waals surface area (Å²) in [4.78, 5) is 12.6. The molecular formula is C19H16N4OS. The van der Waals surface area contributed by atoms with Crippen molar-refractivity contribution in [2.24, 2.45) is 0 Å². The second-order valence-corrected chi connectivity index (χ2v) is 7.50. The molecule has 0 aliphatic heterocycles. The van der Waals surface area contributed by atoms with E-state index in [9.17, 15) is 4.79 Å². The lowest BCUT2D eigenvalue weighted by molar-refractivity contribution is 0.102. The lowest BCUT2D eigenvalue weighted by Gasteiger charge is -2.05. The van der Waals surface area contributed by atoms with E-state index in [0.29, 0.717) is 11.8 Å². The molecule has 0 amide bonds. The number of ketones is 1. The molecule has 0 radical (unpaired) electrons. The first-order chi connectivity index (χ1) is 12.3. The molecule has 5 rings (SSSR count). The molecule has 25 heavy (non-hydrogen) atoms. The molecule has 2 aliphatic rings. The average Bonchev–Trinajstić information content (AvgIpc) is 3.26. The molecule has 1 saturated carbocycles. The van der Waals surface area contributed by atoms with Gasteiger partial charge in [0, 0.05) is 5.56 Å². The Hall–Kier alpha value is -2.47. The summed E-state index contributed by atoms with van der Waals surface area (Å²) in [5, 5.41) is 12.5. The smallest absolute Gasteiger partial charge is 0.210 e. The van der Waals surface area contributed by atoms with Crippen LogP contribution in [-0.4, -0.2) is 31.7 Å². The lowest BCUT2D eigenvalue weighted by atomic mass is 10.0. The van der Waals surface area contributed by atoms with Crippen LogP contribution in [0.3, 0.4) is 0 Å². The van der Waals surface area contributed by atoms with Crippen molar-refractivity contribution in [2.75, 3.05) is 5.75 Å². The molecule has 1 fully saturated rings. The molecule has 0 atom stereocenters. The number of Topliss-reactive ketones (excluding diaryl/α,β-unsaturated/α-hetero) is 1. The van der Waals surface area contributed by atoms with Gasteiger partial charge in [-0.2, -0.15) is 0 Å². The molecule has 2 aromatic carbocycles. The normalized spacial score (nSPS) is 15.0. The second-order valence-electron chi connectivity index (χ2n) is 6.55. The van der Waals surface area contributed by atoms with E-state index in [-0.39, 0.29) is 5.78 Å². The van der Waals surface area contributed by atoms with Gasteiger partial charge in [-0.05, 0) is 58.0 Å². The minimum Gasteiger partial charge on any atom is -0.293 e. The van der Waals surface area contributed by atoms with Crippen LogP contribution >= 0.6 is 11.8 Å². The van der Waals surface area contributed by atoms with Crippen LogP contribution in [-0.2, 0) is 6.42 Å². The number of aromatic nitrogens is 4. The number of hydrogen-bond acceptors (Lipinski definition) is 5. The molecule has 3 aromatic rings. The molecule has 0 unspecified atom stereocenters. The van der Waals surface area contributed by atoms with Crippen LogP contribution in [0.2, 0.25) is 0 Å². The Balaban J connectivity index is 1.33. The van der Waals surface area contributed by atoms with E-state index in [4.69, 9.17) is 0 Å².